The molecular formula is C34H58O6Si2. The second kappa shape index (κ2) is 12.9. The van der Waals surface area contributed by atoms with E-state index in [0.717, 1.165) is 36.8 Å². The molecule has 0 amide bonds. The Labute approximate surface area is 258 Å². The minimum absolute atomic E-state index is 0.0258. The van der Waals surface area contributed by atoms with Crippen LogP contribution >= 0.6 is 0 Å². The van der Waals surface area contributed by atoms with Gasteiger partial charge in [0, 0.05) is 18.4 Å². The quantitative estimate of drug-likeness (QED) is 0.0950. The largest absolute Gasteiger partial charge is 0.509 e. The number of rotatable bonds is 13. The van der Waals surface area contributed by atoms with Crippen molar-refractivity contribution in [3.05, 3.63) is 48.0 Å². The summed E-state index contributed by atoms with van der Waals surface area (Å²) in [6.45, 7) is 30.9. The van der Waals surface area contributed by atoms with Crippen molar-refractivity contribution in [2.75, 3.05) is 13.2 Å². The van der Waals surface area contributed by atoms with Gasteiger partial charge in [0.15, 0.2) is 28.3 Å². The van der Waals surface area contributed by atoms with E-state index in [9.17, 15) is 4.79 Å². The van der Waals surface area contributed by atoms with Gasteiger partial charge in [0.2, 0.25) is 0 Å². The van der Waals surface area contributed by atoms with Gasteiger partial charge in [-0.05, 0) is 73.1 Å². The van der Waals surface area contributed by atoms with E-state index in [0.29, 0.717) is 26.2 Å². The van der Waals surface area contributed by atoms with E-state index in [4.69, 9.17) is 23.1 Å². The van der Waals surface area contributed by atoms with E-state index < -0.39 is 34.5 Å². The summed E-state index contributed by atoms with van der Waals surface area (Å²) in [5.41, 5.74) is 0.788. The van der Waals surface area contributed by atoms with Gasteiger partial charge >= 0.3 is 6.16 Å². The summed E-state index contributed by atoms with van der Waals surface area (Å²) in [6.07, 6.45) is 2.64. The van der Waals surface area contributed by atoms with E-state index in [1.54, 1.807) is 0 Å². The summed E-state index contributed by atoms with van der Waals surface area (Å²) in [5.74, 6) is 0. The molecule has 0 aromatic heterocycles. The first kappa shape index (κ1) is 35.0. The summed E-state index contributed by atoms with van der Waals surface area (Å²) in [6, 6.07) is 10.1. The van der Waals surface area contributed by atoms with Crippen LogP contribution in [0.3, 0.4) is 0 Å². The molecule has 0 radical (unpaired) electrons. The van der Waals surface area contributed by atoms with E-state index in [2.05, 4.69) is 81.2 Å². The van der Waals surface area contributed by atoms with Crippen molar-refractivity contribution in [2.45, 2.75) is 141 Å². The Morgan fingerprint density at radius 2 is 1.64 bits per heavy atom. The van der Waals surface area contributed by atoms with Crippen LogP contribution in [0.15, 0.2) is 42.5 Å². The lowest BCUT2D eigenvalue weighted by molar-refractivity contribution is -0.118. The van der Waals surface area contributed by atoms with Crippen molar-refractivity contribution in [3.63, 3.8) is 0 Å². The summed E-state index contributed by atoms with van der Waals surface area (Å²) >= 11 is 0. The average Bonchev–Trinajstić information content (AvgIpc) is 3.33. The fourth-order valence-corrected chi connectivity index (χ4v) is 8.32. The molecule has 1 saturated heterocycles. The Kier molecular flexibility index (Phi) is 10.7. The standard InChI is InChI=1S/C34H58O6Si2/c1-26(24-36-25-27-17-14-13-15-18-27)23-29-34(39-30(35)38-29)28(40-42(11,12)32(5,6)7)19-21-33(34,8)20-16-22-37-41(9,10)31(2,3)4/h13-15,17-18,28-29H,1,16,19-25H2,2-12H3/t28-,29-,33-,34-/m0/s1. The first-order valence-corrected chi connectivity index (χ1v) is 21.6. The predicted molar refractivity (Wildman–Crippen MR) is 176 cm³/mol. The Balaban J connectivity index is 1.82. The van der Waals surface area contributed by atoms with Crippen molar-refractivity contribution < 1.29 is 27.9 Å². The molecule has 238 valence electrons. The fraction of sp³-hybridized carbons (Fsp3) is 0.735. The third-order valence-electron chi connectivity index (χ3n) is 10.6. The Morgan fingerprint density at radius 3 is 2.24 bits per heavy atom. The number of carbonyl (C=O) groups excluding carboxylic acids is 1. The van der Waals surface area contributed by atoms with Crippen LogP contribution in [0.5, 0.6) is 0 Å². The lowest BCUT2D eigenvalue weighted by Crippen LogP contribution is -2.60. The van der Waals surface area contributed by atoms with Gasteiger partial charge in [0.05, 0.1) is 19.3 Å². The molecule has 1 aliphatic carbocycles. The third kappa shape index (κ3) is 7.60. The zero-order valence-electron chi connectivity index (χ0n) is 28.4. The summed E-state index contributed by atoms with van der Waals surface area (Å²) < 4.78 is 32.0. The molecule has 0 N–H and O–H groups in total. The number of hydrogen-bond donors (Lipinski definition) is 0. The number of cyclic esters (lactones) is 1. The van der Waals surface area contributed by atoms with Gasteiger partial charge in [0.25, 0.3) is 0 Å². The number of carbonyl (C=O) groups is 1. The lowest BCUT2D eigenvalue weighted by atomic mass is 9.68. The first-order valence-electron chi connectivity index (χ1n) is 15.7. The number of benzene rings is 1. The lowest BCUT2D eigenvalue weighted by Gasteiger charge is -2.48. The third-order valence-corrected chi connectivity index (χ3v) is 19.7. The molecule has 3 rings (SSSR count). The molecule has 2 fully saturated rings. The minimum atomic E-state index is -2.17. The molecule has 0 unspecified atom stereocenters. The molecule has 0 bridgehead atoms. The maximum Gasteiger partial charge on any atom is 0.509 e. The van der Waals surface area contributed by atoms with Crippen LogP contribution in [0.4, 0.5) is 4.79 Å². The molecule has 42 heavy (non-hydrogen) atoms. The molecule has 1 aliphatic heterocycles. The Bertz CT molecular complexity index is 1070. The molecule has 6 nitrogen and oxygen atoms in total. The van der Waals surface area contributed by atoms with E-state index in [1.807, 2.05) is 30.3 Å². The molecule has 1 aromatic carbocycles. The van der Waals surface area contributed by atoms with Crippen molar-refractivity contribution in [3.8, 4) is 0 Å². The maximum absolute atomic E-state index is 13.0. The first-order chi connectivity index (χ1) is 19.2. The Morgan fingerprint density at radius 1 is 1.02 bits per heavy atom. The molecular weight excluding hydrogens is 561 g/mol. The predicted octanol–water partition coefficient (Wildman–Crippen LogP) is 9.42. The summed E-state index contributed by atoms with van der Waals surface area (Å²) in [4.78, 5) is 13.0. The van der Waals surface area contributed by atoms with Crippen molar-refractivity contribution >= 4 is 22.8 Å². The highest BCUT2D eigenvalue weighted by atomic mass is 28.4. The topological polar surface area (TPSA) is 63.2 Å². The van der Waals surface area contributed by atoms with Gasteiger partial charge in [-0.3, -0.25) is 0 Å². The van der Waals surface area contributed by atoms with Crippen LogP contribution in [0.1, 0.15) is 86.1 Å². The molecule has 4 atom stereocenters. The number of hydrogen-bond acceptors (Lipinski definition) is 6. The fourth-order valence-electron chi connectivity index (χ4n) is 5.87. The second-order valence-electron chi connectivity index (χ2n) is 15.9. The van der Waals surface area contributed by atoms with Gasteiger partial charge < -0.3 is 23.1 Å². The van der Waals surface area contributed by atoms with Gasteiger partial charge in [-0.15, -0.1) is 0 Å². The SMILES string of the molecule is C=C(COCc1ccccc1)C[C@@H]1OC(=O)O[C@@]12[C@@H](O[Si](C)(C)C(C)(C)C)CC[C@]2(C)CCCO[Si](C)(C)C(C)(C)C. The van der Waals surface area contributed by atoms with E-state index in [1.165, 1.54) is 0 Å². The van der Waals surface area contributed by atoms with Gasteiger partial charge in [-0.1, -0.05) is 85.4 Å². The zero-order chi connectivity index (χ0) is 31.6. The van der Waals surface area contributed by atoms with Crippen LogP contribution in [-0.2, 0) is 29.7 Å². The van der Waals surface area contributed by atoms with Crippen LogP contribution in [0.25, 0.3) is 0 Å². The van der Waals surface area contributed by atoms with Gasteiger partial charge in [-0.2, -0.15) is 0 Å². The van der Waals surface area contributed by atoms with Crippen molar-refractivity contribution in [1.82, 2.24) is 0 Å². The van der Waals surface area contributed by atoms with Crippen molar-refractivity contribution in [1.29, 1.82) is 0 Å². The monoisotopic (exact) mass is 618 g/mol. The molecule has 8 heteroatoms. The number of ether oxygens (including phenoxy) is 3. The molecule has 2 aliphatic rings. The second-order valence-corrected chi connectivity index (χ2v) is 25.4. The Hall–Kier alpha value is -1.46. The molecule has 1 saturated carbocycles. The zero-order valence-corrected chi connectivity index (χ0v) is 30.4. The highest BCUT2D eigenvalue weighted by molar-refractivity contribution is 6.74. The highest BCUT2D eigenvalue weighted by Gasteiger charge is 2.70. The molecule has 1 spiro atoms. The smallest absolute Gasteiger partial charge is 0.426 e. The van der Waals surface area contributed by atoms with Crippen LogP contribution in [0, 0.1) is 5.41 Å². The highest BCUT2D eigenvalue weighted by Crippen LogP contribution is 2.59. The normalized spacial score (nSPS) is 26.9. The average molecular weight is 619 g/mol. The molecule has 1 aromatic rings. The van der Waals surface area contributed by atoms with Crippen LogP contribution in [0.2, 0.25) is 36.3 Å². The van der Waals surface area contributed by atoms with E-state index >= 15 is 0 Å². The van der Waals surface area contributed by atoms with Crippen molar-refractivity contribution in [2.24, 2.45) is 5.41 Å². The van der Waals surface area contributed by atoms with Crippen LogP contribution in [-0.4, -0.2) is 53.8 Å². The minimum Gasteiger partial charge on any atom is -0.426 e. The van der Waals surface area contributed by atoms with Gasteiger partial charge in [-0.25, -0.2) is 4.79 Å². The van der Waals surface area contributed by atoms with Gasteiger partial charge in [0.1, 0.15) is 0 Å². The molecule has 1 heterocycles. The van der Waals surface area contributed by atoms with E-state index in [-0.39, 0.29) is 21.6 Å². The van der Waals surface area contributed by atoms with Crippen LogP contribution < -0.4 is 0 Å². The summed E-state index contributed by atoms with van der Waals surface area (Å²) in [7, 11) is -4.02. The summed E-state index contributed by atoms with van der Waals surface area (Å²) in [5, 5.41) is 0.189. The maximum atomic E-state index is 13.0.